The number of ether oxygens (including phenoxy) is 3. The molecule has 1 aliphatic carbocycles. The number of nitrogens with zero attached hydrogens (tertiary/aromatic N) is 1. The first-order valence-corrected chi connectivity index (χ1v) is 14.0. The average molecular weight is 554 g/mol. The number of fused-ring (bicyclic) bond motifs is 5. The van der Waals surface area contributed by atoms with E-state index in [4.69, 9.17) is 14.2 Å². The van der Waals surface area contributed by atoms with Crippen LogP contribution in [0.15, 0.2) is 36.4 Å². The molecule has 3 amide bonds. The van der Waals surface area contributed by atoms with E-state index in [1.54, 1.807) is 18.2 Å². The predicted octanol–water partition coefficient (Wildman–Crippen LogP) is 3.59. The molecule has 5 rings (SSSR count). The lowest BCUT2D eigenvalue weighted by molar-refractivity contribution is -0.135. The van der Waals surface area contributed by atoms with Crippen molar-refractivity contribution in [2.75, 3.05) is 26.8 Å². The Bertz CT molecular complexity index is 1250. The fraction of sp³-hybridized carbons (Fsp3) is 0.500. The summed E-state index contributed by atoms with van der Waals surface area (Å²) in [7, 11) is 1.47. The van der Waals surface area contributed by atoms with Gasteiger partial charge in [-0.15, -0.1) is 0 Å². The second kappa shape index (κ2) is 12.6. The van der Waals surface area contributed by atoms with Crippen molar-refractivity contribution in [3.63, 3.8) is 0 Å². The molecule has 0 radical (unpaired) electrons. The summed E-state index contributed by atoms with van der Waals surface area (Å²) in [6, 6.07) is 8.49. The maximum absolute atomic E-state index is 14.5. The van der Waals surface area contributed by atoms with Gasteiger partial charge in [0.2, 0.25) is 5.91 Å². The van der Waals surface area contributed by atoms with E-state index in [0.29, 0.717) is 54.5 Å². The summed E-state index contributed by atoms with van der Waals surface area (Å²) in [5.74, 6) is 0.112. The fourth-order valence-corrected chi connectivity index (χ4v) is 5.75. The van der Waals surface area contributed by atoms with E-state index in [2.05, 4.69) is 10.6 Å². The number of hydrogen-bond acceptors (Lipinski definition) is 6. The van der Waals surface area contributed by atoms with Crippen molar-refractivity contribution < 1.29 is 33.0 Å². The standard InChI is InChI=1S/C30H36FN3O6/c1-38-26-8-7-21-14-27(26)39-18-28(35)32-16-20-11-22(31)15-23(12-20)40-25-9-10-34(17-24(25)33-30(21)37)29(36)13-19-5-3-2-4-6-19/h7-8,11-12,14-15,19,24-25H,2-6,9-10,13,16-18H2,1H3,(H,32,35)(H,33,37)/t24-,25+/m0/s1. The van der Waals surface area contributed by atoms with Gasteiger partial charge in [0.05, 0.1) is 13.2 Å². The highest BCUT2D eigenvalue weighted by molar-refractivity contribution is 5.95. The van der Waals surface area contributed by atoms with Gasteiger partial charge < -0.3 is 29.7 Å². The van der Waals surface area contributed by atoms with Crippen LogP contribution in [0.25, 0.3) is 0 Å². The van der Waals surface area contributed by atoms with Gasteiger partial charge in [-0.2, -0.15) is 0 Å². The van der Waals surface area contributed by atoms with Gasteiger partial charge in [-0.1, -0.05) is 19.3 Å². The normalized spacial score (nSPS) is 22.2. The number of rotatable bonds is 3. The third-order valence-electron chi connectivity index (χ3n) is 7.90. The van der Waals surface area contributed by atoms with Crippen molar-refractivity contribution in [3.05, 3.63) is 53.3 Å². The number of hydrogen-bond donors (Lipinski definition) is 2. The second-order valence-electron chi connectivity index (χ2n) is 10.8. The molecule has 1 saturated carbocycles. The first kappa shape index (κ1) is 27.7. The molecule has 40 heavy (non-hydrogen) atoms. The van der Waals surface area contributed by atoms with Crippen LogP contribution in [0.1, 0.15) is 60.9 Å². The van der Waals surface area contributed by atoms with Crippen LogP contribution < -0.4 is 24.8 Å². The third-order valence-corrected chi connectivity index (χ3v) is 7.90. The summed E-state index contributed by atoms with van der Waals surface area (Å²) < 4.78 is 31.7. The Morgan fingerprint density at radius 3 is 2.73 bits per heavy atom. The van der Waals surface area contributed by atoms with Crippen LogP contribution in [0.3, 0.4) is 0 Å². The Labute approximate surface area is 233 Å². The van der Waals surface area contributed by atoms with E-state index < -0.39 is 23.9 Å². The van der Waals surface area contributed by atoms with Crippen molar-refractivity contribution in [1.82, 2.24) is 15.5 Å². The van der Waals surface area contributed by atoms with Gasteiger partial charge in [0.1, 0.15) is 17.7 Å². The third kappa shape index (κ3) is 6.84. The summed E-state index contributed by atoms with van der Waals surface area (Å²) in [6.07, 6.45) is 6.22. The molecule has 2 fully saturated rings. The molecule has 10 heteroatoms. The topological polar surface area (TPSA) is 106 Å². The Morgan fingerprint density at radius 2 is 1.93 bits per heavy atom. The smallest absolute Gasteiger partial charge is 0.258 e. The predicted molar refractivity (Wildman–Crippen MR) is 145 cm³/mol. The molecule has 2 N–H and O–H groups in total. The number of nitrogens with one attached hydrogen (secondary N) is 2. The molecule has 214 valence electrons. The molecular formula is C30H36FN3O6. The summed E-state index contributed by atoms with van der Waals surface area (Å²) in [5.41, 5.74) is 0.830. The number of piperidine rings is 1. The highest BCUT2D eigenvalue weighted by atomic mass is 19.1. The lowest BCUT2D eigenvalue weighted by atomic mass is 9.86. The van der Waals surface area contributed by atoms with E-state index in [-0.39, 0.29) is 30.7 Å². The molecule has 0 spiro atoms. The molecule has 2 atom stereocenters. The zero-order chi connectivity index (χ0) is 28.1. The van der Waals surface area contributed by atoms with Crippen molar-refractivity contribution in [3.8, 4) is 17.2 Å². The number of benzene rings is 2. The minimum atomic E-state index is -0.526. The van der Waals surface area contributed by atoms with Crippen molar-refractivity contribution in [2.45, 2.75) is 63.6 Å². The largest absolute Gasteiger partial charge is 0.493 e. The molecule has 4 bridgehead atoms. The van der Waals surface area contributed by atoms with Crippen LogP contribution >= 0.6 is 0 Å². The lowest BCUT2D eigenvalue weighted by Crippen LogP contribution is -2.58. The van der Waals surface area contributed by atoms with E-state index >= 15 is 0 Å². The number of methoxy groups -OCH3 is 1. The van der Waals surface area contributed by atoms with Crippen molar-refractivity contribution in [2.24, 2.45) is 5.92 Å². The number of halogens is 1. The molecular weight excluding hydrogens is 517 g/mol. The van der Waals surface area contributed by atoms with Crippen LogP contribution in [0, 0.1) is 11.7 Å². The van der Waals surface area contributed by atoms with E-state index in [1.165, 1.54) is 44.6 Å². The number of carbonyl (C=O) groups is 3. The Kier molecular flexibility index (Phi) is 8.72. The maximum atomic E-state index is 14.5. The zero-order valence-corrected chi connectivity index (χ0v) is 22.7. The molecule has 0 aromatic heterocycles. The monoisotopic (exact) mass is 553 g/mol. The second-order valence-corrected chi connectivity index (χ2v) is 10.8. The van der Waals surface area contributed by atoms with Gasteiger partial charge in [0.25, 0.3) is 11.8 Å². The molecule has 9 nitrogen and oxygen atoms in total. The van der Waals surface area contributed by atoms with E-state index in [0.717, 1.165) is 12.8 Å². The van der Waals surface area contributed by atoms with Crippen LogP contribution in [0.2, 0.25) is 0 Å². The van der Waals surface area contributed by atoms with Crippen molar-refractivity contribution >= 4 is 17.7 Å². The SMILES string of the molecule is COc1ccc2cc1OCC(=O)NCc1cc(F)cc(c1)O[C@@H]1CCN(C(=O)CC3CCCCC3)C[C@@H]1NC2=O. The van der Waals surface area contributed by atoms with Gasteiger partial charge in [0, 0.05) is 44.1 Å². The Morgan fingerprint density at radius 1 is 1.10 bits per heavy atom. The number of amides is 3. The molecule has 1 saturated heterocycles. The van der Waals surface area contributed by atoms with Crippen LogP contribution in [0.4, 0.5) is 4.39 Å². The quantitative estimate of drug-likeness (QED) is 0.602. The number of likely N-dealkylation sites (tertiary alicyclic amines) is 1. The van der Waals surface area contributed by atoms with Crippen LogP contribution in [-0.4, -0.2) is 61.6 Å². The summed E-state index contributed by atoms with van der Waals surface area (Å²) in [5, 5.41) is 5.75. The highest BCUT2D eigenvalue weighted by Crippen LogP contribution is 2.30. The zero-order valence-electron chi connectivity index (χ0n) is 22.7. The maximum Gasteiger partial charge on any atom is 0.258 e. The average Bonchev–Trinajstić information content (AvgIpc) is 2.95. The minimum absolute atomic E-state index is 0.0851. The molecule has 2 aromatic rings. The Hall–Kier alpha value is -3.82. The molecule has 2 aromatic carbocycles. The van der Waals surface area contributed by atoms with Gasteiger partial charge in [-0.3, -0.25) is 14.4 Å². The summed E-state index contributed by atoms with van der Waals surface area (Å²) >= 11 is 0. The molecule has 2 heterocycles. The highest BCUT2D eigenvalue weighted by Gasteiger charge is 2.35. The minimum Gasteiger partial charge on any atom is -0.493 e. The van der Waals surface area contributed by atoms with Gasteiger partial charge in [-0.25, -0.2) is 4.39 Å². The molecule has 3 aliphatic rings. The number of carbonyl (C=O) groups excluding carboxylic acids is 3. The van der Waals surface area contributed by atoms with E-state index in [9.17, 15) is 18.8 Å². The van der Waals surface area contributed by atoms with Gasteiger partial charge in [-0.05, 0) is 54.7 Å². The van der Waals surface area contributed by atoms with Gasteiger partial charge in [0.15, 0.2) is 18.1 Å². The fourth-order valence-electron chi connectivity index (χ4n) is 5.75. The first-order chi connectivity index (χ1) is 19.4. The summed E-state index contributed by atoms with van der Waals surface area (Å²) in [6.45, 7) is 0.547. The van der Waals surface area contributed by atoms with Crippen LogP contribution in [0.5, 0.6) is 17.2 Å². The molecule has 0 unspecified atom stereocenters. The van der Waals surface area contributed by atoms with E-state index in [1.807, 2.05) is 4.90 Å². The van der Waals surface area contributed by atoms with Gasteiger partial charge >= 0.3 is 0 Å². The lowest BCUT2D eigenvalue weighted by Gasteiger charge is -2.39. The first-order valence-electron chi connectivity index (χ1n) is 14.0. The Balaban J connectivity index is 1.41. The molecule has 2 aliphatic heterocycles. The van der Waals surface area contributed by atoms with Crippen LogP contribution in [-0.2, 0) is 16.1 Å². The van der Waals surface area contributed by atoms with Crippen molar-refractivity contribution in [1.29, 1.82) is 0 Å². The summed E-state index contributed by atoms with van der Waals surface area (Å²) in [4.78, 5) is 40.9.